The number of nitrogens with two attached hydrogens (primary N) is 1. The van der Waals surface area contributed by atoms with Gasteiger partial charge in [-0.05, 0) is 41.0 Å². The largest absolute Gasteiger partial charge is 0.422 e. The average molecular weight is 360 g/mol. The molecular formula is C23H24N2O2. The maximum absolute atomic E-state index is 12.6. The Morgan fingerprint density at radius 3 is 2.22 bits per heavy atom. The number of rotatable bonds is 4. The molecule has 0 aliphatic rings. The Labute approximate surface area is 159 Å². The second-order valence-corrected chi connectivity index (χ2v) is 7.90. The van der Waals surface area contributed by atoms with E-state index in [4.69, 9.17) is 15.9 Å². The molecule has 0 amide bonds. The molecule has 3 rings (SSSR count). The molecule has 27 heavy (non-hydrogen) atoms. The highest BCUT2D eigenvalue weighted by Gasteiger charge is 2.15. The zero-order chi connectivity index (χ0) is 19.6. The minimum absolute atomic E-state index is 0.0596. The summed E-state index contributed by atoms with van der Waals surface area (Å²) in [7, 11) is 0. The highest BCUT2D eigenvalue weighted by molar-refractivity contribution is 6.10. The van der Waals surface area contributed by atoms with Crippen LogP contribution in [0.2, 0.25) is 0 Å². The molecule has 4 nitrogen and oxygen atoms in total. The Morgan fingerprint density at radius 2 is 1.63 bits per heavy atom. The van der Waals surface area contributed by atoms with Crippen LogP contribution in [0.15, 0.2) is 60.7 Å². The van der Waals surface area contributed by atoms with Crippen molar-refractivity contribution in [1.82, 2.24) is 0 Å². The van der Waals surface area contributed by atoms with Crippen LogP contribution in [0.1, 0.15) is 42.3 Å². The third kappa shape index (κ3) is 4.34. The molecule has 0 unspecified atom stereocenters. The lowest BCUT2D eigenvalue weighted by Crippen LogP contribution is -2.13. The molecule has 0 fully saturated rings. The van der Waals surface area contributed by atoms with Crippen LogP contribution in [-0.4, -0.2) is 11.8 Å². The van der Waals surface area contributed by atoms with Gasteiger partial charge in [-0.1, -0.05) is 63.2 Å². The number of benzene rings is 3. The van der Waals surface area contributed by atoms with Gasteiger partial charge in [0.2, 0.25) is 0 Å². The normalized spacial score (nSPS) is 11.4. The van der Waals surface area contributed by atoms with Gasteiger partial charge >= 0.3 is 5.97 Å². The minimum atomic E-state index is -0.428. The van der Waals surface area contributed by atoms with Crippen LogP contribution in [0.3, 0.4) is 0 Å². The highest BCUT2D eigenvalue weighted by Crippen LogP contribution is 2.29. The summed E-state index contributed by atoms with van der Waals surface area (Å²) >= 11 is 0. The standard InChI is InChI=1S/C23H24N2O2/c1-23(2,3)14-15-10-12-17(13-11-15)22(26)27-19-9-5-7-16-6-4-8-18(20(16)19)21(24)25/h4-13H,14H2,1-3H3,(H3,24,25). The predicted molar refractivity (Wildman–Crippen MR) is 110 cm³/mol. The quantitative estimate of drug-likeness (QED) is 0.300. The monoisotopic (exact) mass is 360 g/mol. The van der Waals surface area contributed by atoms with Crippen LogP contribution in [0.4, 0.5) is 0 Å². The fourth-order valence-corrected chi connectivity index (χ4v) is 3.15. The van der Waals surface area contributed by atoms with E-state index >= 15 is 0 Å². The van der Waals surface area contributed by atoms with Crippen molar-refractivity contribution in [3.05, 3.63) is 77.4 Å². The summed E-state index contributed by atoms with van der Waals surface area (Å²) in [4.78, 5) is 12.6. The fourth-order valence-electron chi connectivity index (χ4n) is 3.15. The van der Waals surface area contributed by atoms with Crippen molar-refractivity contribution in [1.29, 1.82) is 5.41 Å². The van der Waals surface area contributed by atoms with E-state index in [0.717, 1.165) is 11.8 Å². The molecule has 0 saturated heterocycles. The molecule has 0 radical (unpaired) electrons. The van der Waals surface area contributed by atoms with Crippen LogP contribution >= 0.6 is 0 Å². The minimum Gasteiger partial charge on any atom is -0.422 e. The van der Waals surface area contributed by atoms with Gasteiger partial charge in [-0.2, -0.15) is 0 Å². The molecule has 0 bridgehead atoms. The first-order valence-corrected chi connectivity index (χ1v) is 8.92. The van der Waals surface area contributed by atoms with Gasteiger partial charge in [0.15, 0.2) is 0 Å². The van der Waals surface area contributed by atoms with Crippen LogP contribution in [0, 0.1) is 10.8 Å². The third-order valence-electron chi connectivity index (χ3n) is 4.28. The van der Waals surface area contributed by atoms with E-state index in [9.17, 15) is 4.79 Å². The lowest BCUT2D eigenvalue weighted by molar-refractivity contribution is 0.0737. The first-order valence-electron chi connectivity index (χ1n) is 8.92. The van der Waals surface area contributed by atoms with Gasteiger partial charge in [0.05, 0.1) is 5.56 Å². The van der Waals surface area contributed by atoms with Crippen LogP contribution in [0.25, 0.3) is 10.8 Å². The van der Waals surface area contributed by atoms with Gasteiger partial charge in [0.25, 0.3) is 0 Å². The average Bonchev–Trinajstić information content (AvgIpc) is 2.60. The Balaban J connectivity index is 1.89. The predicted octanol–water partition coefficient (Wildman–Crippen LogP) is 4.93. The summed E-state index contributed by atoms with van der Waals surface area (Å²) in [5, 5.41) is 9.33. The zero-order valence-corrected chi connectivity index (χ0v) is 15.9. The van der Waals surface area contributed by atoms with E-state index in [0.29, 0.717) is 22.3 Å². The second-order valence-electron chi connectivity index (χ2n) is 7.90. The number of ether oxygens (including phenoxy) is 1. The van der Waals surface area contributed by atoms with Gasteiger partial charge in [-0.15, -0.1) is 0 Å². The van der Waals surface area contributed by atoms with Crippen molar-refractivity contribution < 1.29 is 9.53 Å². The van der Waals surface area contributed by atoms with Crippen molar-refractivity contribution in [3.8, 4) is 5.75 Å². The first-order chi connectivity index (χ1) is 12.7. The lowest BCUT2D eigenvalue weighted by atomic mass is 9.88. The molecule has 0 saturated carbocycles. The molecule has 0 spiro atoms. The number of carbonyl (C=O) groups is 1. The SMILES string of the molecule is CC(C)(C)Cc1ccc(C(=O)Oc2cccc3cccc(C(=N)N)c23)cc1. The number of fused-ring (bicyclic) bond motifs is 1. The molecule has 0 atom stereocenters. The number of nitrogens with one attached hydrogen (secondary N) is 1. The molecule has 0 aliphatic heterocycles. The van der Waals surface area contributed by atoms with Crippen LogP contribution in [-0.2, 0) is 6.42 Å². The first kappa shape index (κ1) is 18.6. The molecule has 0 heterocycles. The molecule has 0 aromatic heterocycles. The molecular weight excluding hydrogens is 336 g/mol. The Kier molecular flexibility index (Phi) is 5.00. The smallest absolute Gasteiger partial charge is 0.343 e. The van der Waals surface area contributed by atoms with E-state index in [1.165, 1.54) is 5.56 Å². The molecule has 3 aromatic rings. The summed E-state index contributed by atoms with van der Waals surface area (Å²) in [5.41, 5.74) is 8.12. The Hall–Kier alpha value is -3.14. The summed E-state index contributed by atoms with van der Waals surface area (Å²) < 4.78 is 5.65. The summed E-state index contributed by atoms with van der Waals surface area (Å²) in [5.74, 6) is -0.0825. The van der Waals surface area contributed by atoms with E-state index < -0.39 is 5.97 Å². The number of hydrogen-bond acceptors (Lipinski definition) is 3. The van der Waals surface area contributed by atoms with Crippen molar-refractivity contribution in [2.75, 3.05) is 0 Å². The number of carbonyl (C=O) groups excluding carboxylic acids is 1. The molecule has 0 aliphatic carbocycles. The Bertz CT molecular complexity index is 994. The van der Waals surface area contributed by atoms with Crippen molar-refractivity contribution >= 4 is 22.6 Å². The van der Waals surface area contributed by atoms with Crippen molar-refractivity contribution in [2.45, 2.75) is 27.2 Å². The molecule has 4 heteroatoms. The maximum atomic E-state index is 12.6. The van der Waals surface area contributed by atoms with Gasteiger partial charge in [-0.25, -0.2) is 4.79 Å². The number of esters is 1. The van der Waals surface area contributed by atoms with E-state index in [1.807, 2.05) is 36.4 Å². The lowest BCUT2D eigenvalue weighted by Gasteiger charge is -2.18. The van der Waals surface area contributed by atoms with Gasteiger partial charge < -0.3 is 10.5 Å². The van der Waals surface area contributed by atoms with Gasteiger partial charge in [0.1, 0.15) is 11.6 Å². The van der Waals surface area contributed by atoms with Crippen molar-refractivity contribution in [3.63, 3.8) is 0 Å². The molecule has 3 N–H and O–H groups in total. The van der Waals surface area contributed by atoms with Gasteiger partial charge in [0, 0.05) is 10.9 Å². The van der Waals surface area contributed by atoms with Crippen LogP contribution < -0.4 is 10.5 Å². The number of amidine groups is 1. The summed E-state index contributed by atoms with van der Waals surface area (Å²) in [6.45, 7) is 6.55. The number of hydrogen-bond donors (Lipinski definition) is 2. The number of nitrogen functional groups attached to an aromatic ring is 1. The van der Waals surface area contributed by atoms with E-state index in [1.54, 1.807) is 24.3 Å². The third-order valence-corrected chi connectivity index (χ3v) is 4.28. The second kappa shape index (κ2) is 7.23. The fraction of sp³-hybridized carbons (Fsp3) is 0.217. The van der Waals surface area contributed by atoms with E-state index in [-0.39, 0.29) is 11.3 Å². The molecule has 3 aromatic carbocycles. The van der Waals surface area contributed by atoms with E-state index in [2.05, 4.69) is 20.8 Å². The molecule has 138 valence electrons. The Morgan fingerprint density at radius 1 is 1.00 bits per heavy atom. The maximum Gasteiger partial charge on any atom is 0.343 e. The van der Waals surface area contributed by atoms with Crippen molar-refractivity contribution in [2.24, 2.45) is 11.1 Å². The van der Waals surface area contributed by atoms with Gasteiger partial charge in [-0.3, -0.25) is 5.41 Å². The highest BCUT2D eigenvalue weighted by atomic mass is 16.5. The van der Waals surface area contributed by atoms with Crippen LogP contribution in [0.5, 0.6) is 5.75 Å². The summed E-state index contributed by atoms with van der Waals surface area (Å²) in [6.07, 6.45) is 0.938. The summed E-state index contributed by atoms with van der Waals surface area (Å²) in [6, 6.07) is 18.4. The zero-order valence-electron chi connectivity index (χ0n) is 15.9. The topological polar surface area (TPSA) is 76.2 Å².